The summed E-state index contributed by atoms with van der Waals surface area (Å²) < 4.78 is 12.8. The zero-order valence-corrected chi connectivity index (χ0v) is 11.9. The minimum Gasteiger partial charge on any atom is -0.480 e. The van der Waals surface area contributed by atoms with Gasteiger partial charge in [0.2, 0.25) is 0 Å². The van der Waals surface area contributed by atoms with Crippen LogP contribution in [-0.2, 0) is 11.2 Å². The molecule has 0 aliphatic heterocycles. The van der Waals surface area contributed by atoms with Crippen molar-refractivity contribution in [3.63, 3.8) is 0 Å². The number of carboxylic acid groups (broad SMARTS) is 1. The predicted octanol–water partition coefficient (Wildman–Crippen LogP) is 3.92. The average Bonchev–Trinajstić information content (AvgIpc) is 2.42. The quantitative estimate of drug-likeness (QED) is 0.848. The second-order valence-corrected chi connectivity index (χ2v) is 5.86. The molecule has 0 aliphatic carbocycles. The number of thioether (sulfide) groups is 1. The van der Waals surface area contributed by atoms with Gasteiger partial charge < -0.3 is 5.11 Å². The minimum absolute atomic E-state index is 0.313. The Hall–Kier alpha value is -1.81. The summed E-state index contributed by atoms with van der Waals surface area (Å²) in [4.78, 5) is 12.3. The third-order valence-electron chi connectivity index (χ3n) is 2.91. The Morgan fingerprint density at radius 1 is 1.15 bits per heavy atom. The van der Waals surface area contributed by atoms with Crippen molar-refractivity contribution in [2.24, 2.45) is 0 Å². The van der Waals surface area contributed by atoms with Gasteiger partial charge in [0.1, 0.15) is 11.1 Å². The number of carboxylic acids is 1. The van der Waals surface area contributed by atoms with Gasteiger partial charge in [-0.1, -0.05) is 29.8 Å². The lowest BCUT2D eigenvalue weighted by Gasteiger charge is -2.12. The molecule has 20 heavy (non-hydrogen) atoms. The van der Waals surface area contributed by atoms with E-state index in [4.69, 9.17) is 0 Å². The van der Waals surface area contributed by atoms with E-state index in [1.54, 1.807) is 12.1 Å². The SMILES string of the molecule is Cc1ccc(S[C@H](Cc2ccc(F)cc2)C(=O)O)cc1. The van der Waals surface area contributed by atoms with E-state index in [9.17, 15) is 14.3 Å². The summed E-state index contributed by atoms with van der Waals surface area (Å²) in [6, 6.07) is 13.7. The first-order valence-electron chi connectivity index (χ1n) is 6.25. The lowest BCUT2D eigenvalue weighted by atomic mass is 10.1. The van der Waals surface area contributed by atoms with E-state index in [1.165, 1.54) is 23.9 Å². The molecule has 0 heterocycles. The van der Waals surface area contributed by atoms with Gasteiger partial charge in [-0.25, -0.2) is 4.39 Å². The molecule has 2 nitrogen and oxygen atoms in total. The van der Waals surface area contributed by atoms with Crippen LogP contribution in [-0.4, -0.2) is 16.3 Å². The number of halogens is 1. The molecule has 0 radical (unpaired) electrons. The summed E-state index contributed by atoms with van der Waals surface area (Å²) in [5.74, 6) is -1.17. The molecular formula is C16H15FO2S. The van der Waals surface area contributed by atoms with Crippen LogP contribution >= 0.6 is 11.8 Å². The van der Waals surface area contributed by atoms with Gasteiger partial charge >= 0.3 is 5.97 Å². The molecule has 2 rings (SSSR count). The first-order chi connectivity index (χ1) is 9.54. The molecule has 1 N–H and O–H groups in total. The van der Waals surface area contributed by atoms with E-state index < -0.39 is 11.2 Å². The number of hydrogen-bond acceptors (Lipinski definition) is 2. The fourth-order valence-corrected chi connectivity index (χ4v) is 2.79. The molecule has 0 bridgehead atoms. The molecule has 2 aromatic carbocycles. The highest BCUT2D eigenvalue weighted by Gasteiger charge is 2.19. The standard InChI is InChI=1S/C16H15FO2S/c1-11-2-8-14(9-3-11)20-15(16(18)19)10-12-4-6-13(17)7-5-12/h2-9,15H,10H2,1H3,(H,18,19)/t15-/m1/s1. The normalized spacial score (nSPS) is 12.1. The van der Waals surface area contributed by atoms with Gasteiger partial charge in [0, 0.05) is 4.90 Å². The Labute approximate surface area is 121 Å². The van der Waals surface area contributed by atoms with Crippen molar-refractivity contribution in [3.8, 4) is 0 Å². The van der Waals surface area contributed by atoms with Crippen LogP contribution in [0.4, 0.5) is 4.39 Å². The maximum Gasteiger partial charge on any atom is 0.317 e. The topological polar surface area (TPSA) is 37.3 Å². The molecule has 0 saturated carbocycles. The number of benzene rings is 2. The van der Waals surface area contributed by atoms with Crippen LogP contribution in [0.1, 0.15) is 11.1 Å². The summed E-state index contributed by atoms with van der Waals surface area (Å²) in [5, 5.41) is 8.73. The number of aryl methyl sites for hydroxylation is 1. The Morgan fingerprint density at radius 2 is 1.75 bits per heavy atom. The molecular weight excluding hydrogens is 275 g/mol. The van der Waals surface area contributed by atoms with E-state index in [0.29, 0.717) is 6.42 Å². The van der Waals surface area contributed by atoms with Crippen molar-refractivity contribution < 1.29 is 14.3 Å². The van der Waals surface area contributed by atoms with E-state index in [1.807, 2.05) is 31.2 Å². The third kappa shape index (κ3) is 4.10. The lowest BCUT2D eigenvalue weighted by Crippen LogP contribution is -2.19. The molecule has 1 atom stereocenters. The van der Waals surface area contributed by atoms with Gasteiger partial charge in [0.05, 0.1) is 0 Å². The predicted molar refractivity (Wildman–Crippen MR) is 78.6 cm³/mol. The summed E-state index contributed by atoms with van der Waals surface area (Å²) in [7, 11) is 0. The van der Waals surface area contributed by atoms with Crippen LogP contribution in [0.3, 0.4) is 0 Å². The molecule has 2 aromatic rings. The van der Waals surface area contributed by atoms with Gasteiger partial charge in [-0.2, -0.15) is 0 Å². The van der Waals surface area contributed by atoms with E-state index in [0.717, 1.165) is 16.0 Å². The second-order valence-electron chi connectivity index (χ2n) is 4.59. The molecule has 0 saturated heterocycles. The Morgan fingerprint density at radius 3 is 2.30 bits per heavy atom. The molecule has 0 unspecified atom stereocenters. The maximum atomic E-state index is 12.8. The van der Waals surface area contributed by atoms with Gasteiger partial charge in [0.15, 0.2) is 0 Å². The highest BCUT2D eigenvalue weighted by molar-refractivity contribution is 8.00. The summed E-state index contributed by atoms with van der Waals surface area (Å²) in [6.07, 6.45) is 0.369. The number of carbonyl (C=O) groups is 1. The summed E-state index contributed by atoms with van der Waals surface area (Å²) in [6.45, 7) is 1.99. The fraction of sp³-hybridized carbons (Fsp3) is 0.188. The zero-order valence-electron chi connectivity index (χ0n) is 11.0. The average molecular weight is 290 g/mol. The highest BCUT2D eigenvalue weighted by Crippen LogP contribution is 2.26. The first kappa shape index (κ1) is 14.6. The van der Waals surface area contributed by atoms with Crippen LogP contribution in [0.5, 0.6) is 0 Å². The highest BCUT2D eigenvalue weighted by atomic mass is 32.2. The van der Waals surface area contributed by atoms with Crippen molar-refractivity contribution in [2.75, 3.05) is 0 Å². The van der Waals surface area contributed by atoms with Crippen molar-refractivity contribution in [1.82, 2.24) is 0 Å². The lowest BCUT2D eigenvalue weighted by molar-refractivity contribution is -0.136. The van der Waals surface area contributed by atoms with Crippen molar-refractivity contribution in [2.45, 2.75) is 23.5 Å². The molecule has 0 aromatic heterocycles. The van der Waals surface area contributed by atoms with E-state index >= 15 is 0 Å². The van der Waals surface area contributed by atoms with Crippen LogP contribution in [0, 0.1) is 12.7 Å². The van der Waals surface area contributed by atoms with Crippen LogP contribution in [0.15, 0.2) is 53.4 Å². The van der Waals surface area contributed by atoms with Crippen LogP contribution in [0.2, 0.25) is 0 Å². The molecule has 104 valence electrons. The zero-order chi connectivity index (χ0) is 14.5. The largest absolute Gasteiger partial charge is 0.480 e. The van der Waals surface area contributed by atoms with E-state index in [2.05, 4.69) is 0 Å². The molecule has 0 aliphatic rings. The molecule has 4 heteroatoms. The van der Waals surface area contributed by atoms with Crippen molar-refractivity contribution >= 4 is 17.7 Å². The molecule has 0 spiro atoms. The van der Waals surface area contributed by atoms with Crippen molar-refractivity contribution in [1.29, 1.82) is 0 Å². The number of rotatable bonds is 5. The van der Waals surface area contributed by atoms with E-state index in [-0.39, 0.29) is 5.82 Å². The van der Waals surface area contributed by atoms with Gasteiger partial charge in [0.25, 0.3) is 0 Å². The van der Waals surface area contributed by atoms with Crippen molar-refractivity contribution in [3.05, 3.63) is 65.5 Å². The monoisotopic (exact) mass is 290 g/mol. The fourth-order valence-electron chi connectivity index (χ4n) is 1.80. The number of hydrogen-bond donors (Lipinski definition) is 1. The first-order valence-corrected chi connectivity index (χ1v) is 7.13. The Balaban J connectivity index is 2.09. The maximum absolute atomic E-state index is 12.8. The van der Waals surface area contributed by atoms with Crippen LogP contribution in [0.25, 0.3) is 0 Å². The van der Waals surface area contributed by atoms with Crippen LogP contribution < -0.4 is 0 Å². The Bertz CT molecular complexity index is 531. The smallest absolute Gasteiger partial charge is 0.317 e. The minimum atomic E-state index is -0.861. The second kappa shape index (κ2) is 6.57. The van der Waals surface area contributed by atoms with Gasteiger partial charge in [-0.3, -0.25) is 4.79 Å². The number of aliphatic carboxylic acids is 1. The Kier molecular flexibility index (Phi) is 4.79. The van der Waals surface area contributed by atoms with Gasteiger partial charge in [-0.15, -0.1) is 11.8 Å². The molecule has 0 amide bonds. The van der Waals surface area contributed by atoms with Gasteiger partial charge in [-0.05, 0) is 43.2 Å². The summed E-state index contributed by atoms with van der Waals surface area (Å²) in [5.41, 5.74) is 1.96. The summed E-state index contributed by atoms with van der Waals surface area (Å²) >= 11 is 1.31. The molecule has 0 fully saturated rings. The third-order valence-corrected chi connectivity index (χ3v) is 4.11.